The summed E-state index contributed by atoms with van der Waals surface area (Å²) in [4.78, 5) is 15.1. The summed E-state index contributed by atoms with van der Waals surface area (Å²) in [5, 5.41) is 10.3. The Morgan fingerprint density at radius 2 is 2.00 bits per heavy atom. The Bertz CT molecular complexity index is 651. The number of imidazole rings is 1. The van der Waals surface area contributed by atoms with Crippen molar-refractivity contribution in [3.05, 3.63) is 24.3 Å². The van der Waals surface area contributed by atoms with Crippen LogP contribution in [0.15, 0.2) is 18.7 Å². The minimum absolute atomic E-state index is 0.0309. The largest absolute Gasteiger partial charge is 0.493 e. The Hall–Kier alpha value is -2.15. The van der Waals surface area contributed by atoms with Crippen molar-refractivity contribution in [2.75, 3.05) is 26.2 Å². The summed E-state index contributed by atoms with van der Waals surface area (Å²) in [6.45, 7) is 7.69. The van der Waals surface area contributed by atoms with E-state index in [-0.39, 0.29) is 11.8 Å². The number of aromatic hydroxyl groups is 1. The SMILES string of the molecule is CC(C)c1c(O)nc(-n2ccnc2)nc1OCCN1CCCCC1. The molecule has 2 aromatic heterocycles. The van der Waals surface area contributed by atoms with Gasteiger partial charge in [-0.3, -0.25) is 9.47 Å². The number of piperidine rings is 1. The van der Waals surface area contributed by atoms with Crippen molar-refractivity contribution in [2.24, 2.45) is 0 Å². The predicted octanol–water partition coefficient (Wildman–Crippen LogP) is 2.36. The van der Waals surface area contributed by atoms with E-state index in [1.54, 1.807) is 23.3 Å². The normalized spacial score (nSPS) is 15.8. The Morgan fingerprint density at radius 3 is 2.67 bits per heavy atom. The fraction of sp³-hybridized carbons (Fsp3) is 0.588. The van der Waals surface area contributed by atoms with Crippen LogP contribution in [0.2, 0.25) is 0 Å². The number of rotatable bonds is 6. The first-order valence-electron chi connectivity index (χ1n) is 8.59. The predicted molar refractivity (Wildman–Crippen MR) is 90.7 cm³/mol. The summed E-state index contributed by atoms with van der Waals surface area (Å²) in [5.41, 5.74) is 0.650. The Labute approximate surface area is 142 Å². The lowest BCUT2D eigenvalue weighted by Gasteiger charge is -2.26. The van der Waals surface area contributed by atoms with Crippen LogP contribution in [0.1, 0.15) is 44.6 Å². The maximum Gasteiger partial charge on any atom is 0.241 e. The molecular weight excluding hydrogens is 306 g/mol. The summed E-state index contributed by atoms with van der Waals surface area (Å²) < 4.78 is 7.59. The first-order chi connectivity index (χ1) is 11.6. The molecule has 0 saturated carbocycles. The molecule has 1 aliphatic heterocycles. The molecule has 1 fully saturated rings. The van der Waals surface area contributed by atoms with Crippen molar-refractivity contribution < 1.29 is 9.84 Å². The third-order valence-electron chi connectivity index (χ3n) is 4.29. The molecule has 7 heteroatoms. The topological polar surface area (TPSA) is 76.3 Å². The average Bonchev–Trinajstić information content (AvgIpc) is 3.09. The van der Waals surface area contributed by atoms with E-state index >= 15 is 0 Å². The minimum Gasteiger partial charge on any atom is -0.493 e. The van der Waals surface area contributed by atoms with Gasteiger partial charge < -0.3 is 9.84 Å². The lowest BCUT2D eigenvalue weighted by atomic mass is 10.1. The fourth-order valence-electron chi connectivity index (χ4n) is 2.99. The zero-order valence-corrected chi connectivity index (χ0v) is 14.4. The molecule has 24 heavy (non-hydrogen) atoms. The molecule has 3 heterocycles. The van der Waals surface area contributed by atoms with Crippen LogP contribution in [0.3, 0.4) is 0 Å². The van der Waals surface area contributed by atoms with E-state index in [2.05, 4.69) is 19.9 Å². The van der Waals surface area contributed by atoms with Crippen molar-refractivity contribution in [2.45, 2.75) is 39.0 Å². The average molecular weight is 331 g/mol. The molecule has 3 rings (SSSR count). The van der Waals surface area contributed by atoms with Crippen LogP contribution in [0.25, 0.3) is 5.95 Å². The van der Waals surface area contributed by atoms with Gasteiger partial charge in [-0.15, -0.1) is 0 Å². The van der Waals surface area contributed by atoms with E-state index in [9.17, 15) is 5.11 Å². The number of nitrogens with zero attached hydrogens (tertiary/aromatic N) is 5. The lowest BCUT2D eigenvalue weighted by molar-refractivity contribution is 0.179. The summed E-state index contributed by atoms with van der Waals surface area (Å²) >= 11 is 0. The molecule has 1 aliphatic rings. The number of ether oxygens (including phenoxy) is 1. The smallest absolute Gasteiger partial charge is 0.241 e. The summed E-state index contributed by atoms with van der Waals surface area (Å²) in [7, 11) is 0. The molecular formula is C17H25N5O2. The van der Waals surface area contributed by atoms with E-state index in [1.165, 1.54) is 19.3 Å². The molecule has 0 radical (unpaired) electrons. The highest BCUT2D eigenvalue weighted by Gasteiger charge is 2.19. The Balaban J connectivity index is 1.76. The van der Waals surface area contributed by atoms with Gasteiger partial charge in [-0.25, -0.2) is 4.98 Å². The second-order valence-corrected chi connectivity index (χ2v) is 6.44. The standard InChI is InChI=1S/C17H25N5O2/c1-13(2)14-15(23)19-17(22-9-6-18-12-22)20-16(14)24-11-10-21-7-4-3-5-8-21/h6,9,12-13H,3-5,7-8,10-11H2,1-2H3,(H,19,20,23). The molecule has 0 spiro atoms. The highest BCUT2D eigenvalue weighted by atomic mass is 16.5. The minimum atomic E-state index is -0.0309. The van der Waals surface area contributed by atoms with E-state index in [1.807, 2.05) is 13.8 Å². The van der Waals surface area contributed by atoms with Crippen molar-refractivity contribution in [1.29, 1.82) is 0 Å². The molecule has 0 unspecified atom stereocenters. The molecule has 0 aliphatic carbocycles. The first-order valence-corrected chi connectivity index (χ1v) is 8.59. The van der Waals surface area contributed by atoms with Gasteiger partial charge in [-0.05, 0) is 31.8 Å². The van der Waals surface area contributed by atoms with Crippen LogP contribution < -0.4 is 4.74 Å². The van der Waals surface area contributed by atoms with Crippen molar-refractivity contribution >= 4 is 0 Å². The highest BCUT2D eigenvalue weighted by molar-refractivity contribution is 5.40. The monoisotopic (exact) mass is 331 g/mol. The molecule has 7 nitrogen and oxygen atoms in total. The van der Waals surface area contributed by atoms with Gasteiger partial charge in [0.2, 0.25) is 17.7 Å². The van der Waals surface area contributed by atoms with E-state index in [4.69, 9.17) is 4.74 Å². The molecule has 0 aromatic carbocycles. The molecule has 130 valence electrons. The quantitative estimate of drug-likeness (QED) is 0.876. The molecule has 1 N–H and O–H groups in total. The first kappa shape index (κ1) is 16.7. The molecule has 0 atom stereocenters. The van der Waals surface area contributed by atoms with Gasteiger partial charge in [0.25, 0.3) is 0 Å². The molecule has 0 amide bonds. The molecule has 0 bridgehead atoms. The highest BCUT2D eigenvalue weighted by Crippen LogP contribution is 2.32. The number of likely N-dealkylation sites (tertiary alicyclic amines) is 1. The van der Waals surface area contributed by atoms with Crippen LogP contribution in [0.4, 0.5) is 0 Å². The van der Waals surface area contributed by atoms with Crippen LogP contribution in [-0.4, -0.2) is 55.8 Å². The van der Waals surface area contributed by atoms with Crippen LogP contribution in [-0.2, 0) is 0 Å². The zero-order chi connectivity index (χ0) is 16.9. The molecule has 2 aromatic rings. The maximum absolute atomic E-state index is 10.3. The van der Waals surface area contributed by atoms with Gasteiger partial charge in [0.15, 0.2) is 0 Å². The lowest BCUT2D eigenvalue weighted by Crippen LogP contribution is -2.33. The van der Waals surface area contributed by atoms with Gasteiger partial charge in [0.05, 0.1) is 5.56 Å². The summed E-state index contributed by atoms with van der Waals surface area (Å²) in [6, 6.07) is 0. The summed E-state index contributed by atoms with van der Waals surface area (Å²) in [5.74, 6) is 0.865. The third-order valence-corrected chi connectivity index (χ3v) is 4.29. The fourth-order valence-corrected chi connectivity index (χ4v) is 2.99. The van der Waals surface area contributed by atoms with Crippen molar-refractivity contribution in [3.63, 3.8) is 0 Å². The third kappa shape index (κ3) is 3.84. The Morgan fingerprint density at radius 1 is 1.21 bits per heavy atom. The van der Waals surface area contributed by atoms with E-state index < -0.39 is 0 Å². The van der Waals surface area contributed by atoms with Crippen LogP contribution in [0.5, 0.6) is 11.8 Å². The van der Waals surface area contributed by atoms with Crippen LogP contribution >= 0.6 is 0 Å². The second kappa shape index (κ2) is 7.61. The second-order valence-electron chi connectivity index (χ2n) is 6.44. The van der Waals surface area contributed by atoms with Crippen molar-refractivity contribution in [3.8, 4) is 17.7 Å². The van der Waals surface area contributed by atoms with E-state index in [0.29, 0.717) is 24.0 Å². The van der Waals surface area contributed by atoms with E-state index in [0.717, 1.165) is 19.6 Å². The van der Waals surface area contributed by atoms with Gasteiger partial charge in [0.1, 0.15) is 12.9 Å². The van der Waals surface area contributed by atoms with Gasteiger partial charge >= 0.3 is 0 Å². The summed E-state index contributed by atoms with van der Waals surface area (Å²) in [6.07, 6.45) is 8.83. The number of aromatic nitrogens is 4. The van der Waals surface area contributed by atoms with Gasteiger partial charge in [0, 0.05) is 18.9 Å². The molecule has 1 saturated heterocycles. The maximum atomic E-state index is 10.3. The number of hydrogen-bond acceptors (Lipinski definition) is 6. The zero-order valence-electron chi connectivity index (χ0n) is 14.4. The van der Waals surface area contributed by atoms with Gasteiger partial charge in [-0.2, -0.15) is 9.97 Å². The number of hydrogen-bond donors (Lipinski definition) is 1. The van der Waals surface area contributed by atoms with Gasteiger partial charge in [-0.1, -0.05) is 20.3 Å². The van der Waals surface area contributed by atoms with Crippen molar-refractivity contribution in [1.82, 2.24) is 24.4 Å². The Kier molecular flexibility index (Phi) is 5.30. The van der Waals surface area contributed by atoms with Crippen LogP contribution in [0, 0.1) is 0 Å².